The highest BCUT2D eigenvalue weighted by Crippen LogP contribution is 2.35. The molecule has 1 atom stereocenters. The molecule has 2 aliphatic rings. The molecule has 2 aliphatic heterocycles. The van der Waals surface area contributed by atoms with E-state index in [1.165, 1.54) is 0 Å². The van der Waals surface area contributed by atoms with Crippen molar-refractivity contribution >= 4 is 10.0 Å². The van der Waals surface area contributed by atoms with E-state index in [4.69, 9.17) is 9.47 Å². The van der Waals surface area contributed by atoms with Gasteiger partial charge in [0.2, 0.25) is 16.8 Å². The van der Waals surface area contributed by atoms with Crippen LogP contribution >= 0.6 is 0 Å². The van der Waals surface area contributed by atoms with Gasteiger partial charge < -0.3 is 9.47 Å². The Morgan fingerprint density at radius 2 is 1.92 bits per heavy atom. The van der Waals surface area contributed by atoms with Crippen molar-refractivity contribution in [2.45, 2.75) is 25.8 Å². The Kier molecular flexibility index (Phi) is 5.47. The molecule has 3 rings (SSSR count). The quantitative estimate of drug-likeness (QED) is 0.763. The van der Waals surface area contributed by atoms with Crippen LogP contribution in [0.2, 0.25) is 0 Å². The van der Waals surface area contributed by atoms with Crippen molar-refractivity contribution < 1.29 is 17.9 Å². The molecule has 0 saturated carbocycles. The predicted molar refractivity (Wildman–Crippen MR) is 92.8 cm³/mol. The number of sulfonamides is 1. The fourth-order valence-corrected chi connectivity index (χ4v) is 4.78. The zero-order valence-electron chi connectivity index (χ0n) is 14.3. The van der Waals surface area contributed by atoms with E-state index in [0.717, 1.165) is 12.0 Å². The molecule has 1 aromatic rings. The van der Waals surface area contributed by atoms with Crippen LogP contribution in [-0.2, 0) is 10.0 Å². The number of rotatable bonds is 6. The molecule has 25 heavy (non-hydrogen) atoms. The van der Waals surface area contributed by atoms with E-state index in [-0.39, 0.29) is 12.5 Å². The molecule has 0 spiro atoms. The largest absolute Gasteiger partial charge is 0.454 e. The molecular weight excluding hydrogens is 342 g/mol. The third-order valence-corrected chi connectivity index (χ3v) is 6.58. The summed E-state index contributed by atoms with van der Waals surface area (Å²) >= 11 is 0. The molecule has 7 nitrogen and oxygen atoms in total. The van der Waals surface area contributed by atoms with E-state index in [2.05, 4.69) is 6.07 Å². The van der Waals surface area contributed by atoms with Crippen LogP contribution in [0.5, 0.6) is 11.5 Å². The molecule has 1 aromatic carbocycles. The maximum Gasteiger partial charge on any atom is 0.231 e. The van der Waals surface area contributed by atoms with Gasteiger partial charge in [0.05, 0.1) is 11.8 Å². The Labute approximate surface area is 148 Å². The summed E-state index contributed by atoms with van der Waals surface area (Å²) in [7, 11) is -3.19. The molecule has 0 bridgehead atoms. The topological polar surface area (TPSA) is 82.9 Å². The van der Waals surface area contributed by atoms with Gasteiger partial charge in [-0.15, -0.1) is 0 Å². The highest BCUT2D eigenvalue weighted by Gasteiger charge is 2.30. The Morgan fingerprint density at radius 3 is 2.60 bits per heavy atom. The van der Waals surface area contributed by atoms with Crippen LogP contribution in [0, 0.1) is 11.3 Å². The molecule has 1 unspecified atom stereocenters. The smallest absolute Gasteiger partial charge is 0.231 e. The second-order valence-electron chi connectivity index (χ2n) is 6.25. The summed E-state index contributed by atoms with van der Waals surface area (Å²) in [6.45, 7) is 4.11. The summed E-state index contributed by atoms with van der Waals surface area (Å²) in [5, 5.41) is 9.63. The lowest BCUT2D eigenvalue weighted by atomic mass is 10.1. The van der Waals surface area contributed by atoms with Crippen LogP contribution in [-0.4, -0.2) is 56.3 Å². The second-order valence-corrected chi connectivity index (χ2v) is 8.34. The lowest BCUT2D eigenvalue weighted by Gasteiger charge is -2.36. The van der Waals surface area contributed by atoms with E-state index >= 15 is 0 Å². The molecule has 1 saturated heterocycles. The van der Waals surface area contributed by atoms with Crippen molar-refractivity contribution in [1.82, 2.24) is 9.21 Å². The minimum atomic E-state index is -3.19. The van der Waals surface area contributed by atoms with Crippen LogP contribution < -0.4 is 9.47 Å². The van der Waals surface area contributed by atoms with Crippen molar-refractivity contribution in [2.24, 2.45) is 0 Å². The number of fused-ring (bicyclic) bond motifs is 1. The molecule has 0 N–H and O–H groups in total. The van der Waals surface area contributed by atoms with E-state index in [0.29, 0.717) is 44.1 Å². The standard InChI is InChI=1S/C17H23N3O4S/c1-2-3-10-25(21,22)20-8-6-19(7-9-20)15(12-18)14-4-5-16-17(11-14)24-13-23-16/h4-5,11,15H,2-3,6-10,13H2,1H3. The highest BCUT2D eigenvalue weighted by atomic mass is 32.2. The average Bonchev–Trinajstić information content (AvgIpc) is 3.09. The predicted octanol–water partition coefficient (Wildman–Crippen LogP) is 1.73. The molecular formula is C17H23N3O4S. The van der Waals surface area contributed by atoms with Gasteiger partial charge >= 0.3 is 0 Å². The number of hydrogen-bond acceptors (Lipinski definition) is 6. The molecule has 0 radical (unpaired) electrons. The van der Waals surface area contributed by atoms with Crippen LogP contribution in [0.3, 0.4) is 0 Å². The van der Waals surface area contributed by atoms with Gasteiger partial charge in [-0.1, -0.05) is 19.4 Å². The third kappa shape index (κ3) is 3.89. The zero-order chi connectivity index (χ0) is 17.9. The Hall–Kier alpha value is -1.82. The fraction of sp³-hybridized carbons (Fsp3) is 0.588. The highest BCUT2D eigenvalue weighted by molar-refractivity contribution is 7.89. The molecule has 0 aromatic heterocycles. The number of benzene rings is 1. The normalized spacial score (nSPS) is 19.5. The number of piperazine rings is 1. The van der Waals surface area contributed by atoms with Gasteiger partial charge in [-0.3, -0.25) is 4.90 Å². The van der Waals surface area contributed by atoms with Gasteiger partial charge in [0.15, 0.2) is 11.5 Å². The van der Waals surface area contributed by atoms with Crippen LogP contribution in [0.4, 0.5) is 0 Å². The maximum atomic E-state index is 12.3. The van der Waals surface area contributed by atoms with Crippen LogP contribution in [0.15, 0.2) is 18.2 Å². The average molecular weight is 365 g/mol. The van der Waals surface area contributed by atoms with E-state index in [1.54, 1.807) is 4.31 Å². The second kappa shape index (κ2) is 7.60. The summed E-state index contributed by atoms with van der Waals surface area (Å²) in [5.74, 6) is 1.54. The lowest BCUT2D eigenvalue weighted by Crippen LogP contribution is -2.50. The van der Waals surface area contributed by atoms with Crippen LogP contribution in [0.25, 0.3) is 0 Å². The van der Waals surface area contributed by atoms with Crippen LogP contribution in [0.1, 0.15) is 31.4 Å². The van der Waals surface area contributed by atoms with E-state index in [9.17, 15) is 13.7 Å². The van der Waals surface area contributed by atoms with Crippen molar-refractivity contribution in [3.63, 3.8) is 0 Å². The number of nitrogens with zero attached hydrogens (tertiary/aromatic N) is 3. The van der Waals surface area contributed by atoms with Crippen molar-refractivity contribution in [3.05, 3.63) is 23.8 Å². The van der Waals surface area contributed by atoms with Crippen molar-refractivity contribution in [1.29, 1.82) is 5.26 Å². The molecule has 0 amide bonds. The first-order valence-electron chi connectivity index (χ1n) is 8.56. The number of ether oxygens (including phenoxy) is 2. The minimum absolute atomic E-state index is 0.199. The lowest BCUT2D eigenvalue weighted by molar-refractivity contribution is 0.162. The third-order valence-electron chi connectivity index (χ3n) is 4.62. The summed E-state index contributed by atoms with van der Waals surface area (Å²) in [6, 6.07) is 7.42. The Bertz CT molecular complexity index is 752. The Morgan fingerprint density at radius 1 is 1.20 bits per heavy atom. The number of nitriles is 1. The van der Waals surface area contributed by atoms with E-state index < -0.39 is 16.1 Å². The van der Waals surface area contributed by atoms with Gasteiger partial charge in [0.1, 0.15) is 6.04 Å². The zero-order valence-corrected chi connectivity index (χ0v) is 15.2. The SMILES string of the molecule is CCCCS(=O)(=O)N1CCN(C(C#N)c2ccc3c(c2)OCO3)CC1. The minimum Gasteiger partial charge on any atom is -0.454 e. The van der Waals surface area contributed by atoms with Gasteiger partial charge in [-0.05, 0) is 24.1 Å². The number of unbranched alkanes of at least 4 members (excludes halogenated alkanes) is 1. The van der Waals surface area contributed by atoms with Gasteiger partial charge in [-0.25, -0.2) is 8.42 Å². The summed E-state index contributed by atoms with van der Waals surface area (Å²) in [6.07, 6.45) is 1.54. The van der Waals surface area contributed by atoms with Gasteiger partial charge in [-0.2, -0.15) is 9.57 Å². The molecule has 0 aliphatic carbocycles. The first-order valence-corrected chi connectivity index (χ1v) is 10.2. The molecule has 2 heterocycles. The monoisotopic (exact) mass is 365 g/mol. The summed E-state index contributed by atoms with van der Waals surface area (Å²) in [5.41, 5.74) is 0.842. The van der Waals surface area contributed by atoms with Crippen molar-refractivity contribution in [2.75, 3.05) is 38.7 Å². The van der Waals surface area contributed by atoms with E-state index in [1.807, 2.05) is 30.0 Å². The maximum absolute atomic E-state index is 12.3. The van der Waals surface area contributed by atoms with Crippen molar-refractivity contribution in [3.8, 4) is 17.6 Å². The first kappa shape index (κ1) is 18.0. The van der Waals surface area contributed by atoms with Gasteiger partial charge in [0.25, 0.3) is 0 Å². The molecule has 1 fully saturated rings. The summed E-state index contributed by atoms with van der Waals surface area (Å²) in [4.78, 5) is 2.02. The molecule has 136 valence electrons. The Balaban J connectivity index is 1.66. The fourth-order valence-electron chi connectivity index (χ4n) is 3.15. The van der Waals surface area contributed by atoms with Gasteiger partial charge in [0, 0.05) is 26.2 Å². The first-order chi connectivity index (χ1) is 12.0. The number of hydrogen-bond donors (Lipinski definition) is 0. The molecule has 8 heteroatoms. The summed E-state index contributed by atoms with van der Waals surface area (Å²) < 4.78 is 36.8.